The van der Waals surface area contributed by atoms with Crippen molar-refractivity contribution in [3.63, 3.8) is 0 Å². The quantitative estimate of drug-likeness (QED) is 0.266. The molecule has 0 fully saturated rings. The van der Waals surface area contributed by atoms with Gasteiger partial charge in [0.15, 0.2) is 6.61 Å². The van der Waals surface area contributed by atoms with E-state index in [2.05, 4.69) is 5.32 Å². The number of benzene rings is 2. The fourth-order valence-electron chi connectivity index (χ4n) is 3.02. The molecule has 0 bridgehead atoms. The van der Waals surface area contributed by atoms with E-state index in [4.69, 9.17) is 4.74 Å². The Labute approximate surface area is 183 Å². The zero-order chi connectivity index (χ0) is 24.3. The normalized spacial score (nSPS) is 12.3. The zero-order valence-electron chi connectivity index (χ0n) is 16.5. The van der Waals surface area contributed by atoms with Crippen molar-refractivity contribution >= 4 is 40.8 Å². The Balaban J connectivity index is 1.53. The number of carbonyl (C=O) groups excluding carboxylic acids is 4. The highest BCUT2D eigenvalue weighted by molar-refractivity contribution is 6.23. The van der Waals surface area contributed by atoms with Gasteiger partial charge in [0.1, 0.15) is 5.56 Å². The van der Waals surface area contributed by atoms with Crippen molar-refractivity contribution in [2.75, 3.05) is 18.5 Å². The number of amides is 3. The van der Waals surface area contributed by atoms with Gasteiger partial charge in [0.25, 0.3) is 23.4 Å². The van der Waals surface area contributed by atoms with Gasteiger partial charge in [-0.2, -0.15) is 4.39 Å². The Kier molecular flexibility index (Phi) is 6.37. The summed E-state index contributed by atoms with van der Waals surface area (Å²) in [4.78, 5) is 69.3. The third-order valence-electron chi connectivity index (χ3n) is 4.50. The second-order valence-corrected chi connectivity index (χ2v) is 6.60. The van der Waals surface area contributed by atoms with Crippen LogP contribution in [-0.2, 0) is 14.3 Å². The Bertz CT molecular complexity index is 1210. The van der Waals surface area contributed by atoms with Gasteiger partial charge in [-0.25, -0.2) is 0 Å². The van der Waals surface area contributed by atoms with Crippen molar-refractivity contribution in [1.29, 1.82) is 0 Å². The van der Waals surface area contributed by atoms with Crippen molar-refractivity contribution in [2.45, 2.75) is 6.42 Å². The number of hydrogen-bond donors (Lipinski definition) is 1. The average Bonchev–Trinajstić information content (AvgIpc) is 3.01. The van der Waals surface area contributed by atoms with Crippen molar-refractivity contribution in [1.82, 2.24) is 4.90 Å². The summed E-state index contributed by atoms with van der Waals surface area (Å²) < 4.78 is 18.0. The lowest BCUT2D eigenvalue weighted by Crippen LogP contribution is -2.32. The standard InChI is InChI=1S/C19H13FN4O9/c20-12-5-4-10(8-14(12)24(31)32)21-15(25)9-33-16(26)6-7-22-18(27)11-2-1-3-13(23(29)30)17(11)19(22)28/h1-5,8H,6-7,9H2,(H,21,25). The summed E-state index contributed by atoms with van der Waals surface area (Å²) >= 11 is 0. The number of ether oxygens (including phenoxy) is 1. The molecule has 3 rings (SSSR count). The van der Waals surface area contributed by atoms with Crippen molar-refractivity contribution in [3.05, 3.63) is 73.6 Å². The van der Waals surface area contributed by atoms with Crippen LogP contribution >= 0.6 is 0 Å². The molecule has 1 aliphatic heterocycles. The number of fused-ring (bicyclic) bond motifs is 1. The summed E-state index contributed by atoms with van der Waals surface area (Å²) in [5.41, 5.74) is -2.01. The number of rotatable bonds is 8. The first-order chi connectivity index (χ1) is 15.6. The van der Waals surface area contributed by atoms with Crippen molar-refractivity contribution in [2.24, 2.45) is 0 Å². The van der Waals surface area contributed by atoms with Crippen LogP contribution in [0.1, 0.15) is 27.1 Å². The lowest BCUT2D eigenvalue weighted by atomic mass is 10.1. The van der Waals surface area contributed by atoms with Gasteiger partial charge >= 0.3 is 11.7 Å². The van der Waals surface area contributed by atoms with Gasteiger partial charge in [-0.3, -0.25) is 44.3 Å². The number of nitrogens with zero attached hydrogens (tertiary/aromatic N) is 3. The van der Waals surface area contributed by atoms with Crippen molar-refractivity contribution < 1.29 is 38.2 Å². The summed E-state index contributed by atoms with van der Waals surface area (Å²) in [7, 11) is 0. The predicted octanol–water partition coefficient (Wildman–Crippen LogP) is 1.81. The van der Waals surface area contributed by atoms with Gasteiger partial charge in [-0.15, -0.1) is 0 Å². The summed E-state index contributed by atoms with van der Waals surface area (Å²) in [6, 6.07) is 6.24. The number of nitrogens with one attached hydrogen (secondary N) is 1. The minimum atomic E-state index is -1.09. The van der Waals surface area contributed by atoms with Crippen LogP contribution in [0.4, 0.5) is 21.5 Å². The van der Waals surface area contributed by atoms with Gasteiger partial charge < -0.3 is 10.1 Å². The number of hydrogen-bond acceptors (Lipinski definition) is 9. The van der Waals surface area contributed by atoms with E-state index in [9.17, 15) is 43.8 Å². The number of esters is 1. The second kappa shape index (κ2) is 9.17. The summed E-state index contributed by atoms with van der Waals surface area (Å²) in [6.07, 6.45) is -0.492. The molecule has 0 radical (unpaired) electrons. The largest absolute Gasteiger partial charge is 0.456 e. The molecular formula is C19H13FN4O9. The molecule has 13 nitrogen and oxygen atoms in total. The highest BCUT2D eigenvalue weighted by Crippen LogP contribution is 2.30. The molecule has 0 atom stereocenters. The Morgan fingerprint density at radius 3 is 2.39 bits per heavy atom. The third-order valence-corrected chi connectivity index (χ3v) is 4.50. The third kappa shape index (κ3) is 4.79. The molecule has 0 spiro atoms. The number of imide groups is 1. The van der Waals surface area contributed by atoms with E-state index < -0.39 is 70.3 Å². The maximum absolute atomic E-state index is 13.3. The van der Waals surface area contributed by atoms with E-state index in [1.807, 2.05) is 0 Å². The molecule has 170 valence electrons. The molecular weight excluding hydrogens is 447 g/mol. The number of carbonyl (C=O) groups is 4. The predicted molar refractivity (Wildman–Crippen MR) is 106 cm³/mol. The first kappa shape index (κ1) is 22.9. The van der Waals surface area contributed by atoms with E-state index in [1.165, 1.54) is 12.1 Å². The molecule has 33 heavy (non-hydrogen) atoms. The van der Waals surface area contributed by atoms with Crippen LogP contribution in [0.3, 0.4) is 0 Å². The van der Waals surface area contributed by atoms with Gasteiger partial charge in [-0.1, -0.05) is 6.07 Å². The van der Waals surface area contributed by atoms with Gasteiger partial charge in [0.2, 0.25) is 5.82 Å². The summed E-state index contributed by atoms with van der Waals surface area (Å²) in [5, 5.41) is 24.0. The summed E-state index contributed by atoms with van der Waals surface area (Å²) in [5.74, 6) is -4.65. The van der Waals surface area contributed by atoms with Crippen LogP contribution in [0.25, 0.3) is 0 Å². The van der Waals surface area contributed by atoms with E-state index >= 15 is 0 Å². The number of nitro benzene ring substituents is 2. The minimum absolute atomic E-state index is 0.100. The topological polar surface area (TPSA) is 179 Å². The molecule has 1 aliphatic rings. The molecule has 0 aromatic heterocycles. The Morgan fingerprint density at radius 1 is 1.03 bits per heavy atom. The molecule has 2 aromatic carbocycles. The molecule has 1 N–H and O–H groups in total. The van der Waals surface area contributed by atoms with Crippen LogP contribution in [0.2, 0.25) is 0 Å². The highest BCUT2D eigenvalue weighted by atomic mass is 19.1. The zero-order valence-corrected chi connectivity index (χ0v) is 16.5. The van der Waals surface area contributed by atoms with E-state index in [0.29, 0.717) is 4.90 Å². The monoisotopic (exact) mass is 460 g/mol. The fourth-order valence-corrected chi connectivity index (χ4v) is 3.02. The van der Waals surface area contributed by atoms with Gasteiger partial charge in [0, 0.05) is 24.4 Å². The van der Waals surface area contributed by atoms with E-state index in [-0.39, 0.29) is 16.8 Å². The van der Waals surface area contributed by atoms with Crippen LogP contribution in [0.5, 0.6) is 0 Å². The number of halogens is 1. The van der Waals surface area contributed by atoms with E-state index in [1.54, 1.807) is 0 Å². The highest BCUT2D eigenvalue weighted by Gasteiger charge is 2.40. The van der Waals surface area contributed by atoms with Crippen LogP contribution in [-0.4, -0.2) is 51.6 Å². The maximum Gasteiger partial charge on any atom is 0.308 e. The molecule has 0 unspecified atom stereocenters. The first-order valence-corrected chi connectivity index (χ1v) is 9.13. The first-order valence-electron chi connectivity index (χ1n) is 9.13. The molecule has 1 heterocycles. The number of nitro groups is 2. The molecule has 14 heteroatoms. The van der Waals surface area contributed by atoms with Crippen LogP contribution in [0.15, 0.2) is 36.4 Å². The summed E-state index contributed by atoms with van der Waals surface area (Å²) in [6.45, 7) is -1.23. The van der Waals surface area contributed by atoms with Gasteiger partial charge in [-0.05, 0) is 18.2 Å². The Hall–Kier alpha value is -4.75. The lowest BCUT2D eigenvalue weighted by Gasteiger charge is -2.13. The van der Waals surface area contributed by atoms with Crippen molar-refractivity contribution in [3.8, 4) is 0 Å². The minimum Gasteiger partial charge on any atom is -0.456 e. The molecule has 3 amide bonds. The smallest absolute Gasteiger partial charge is 0.308 e. The van der Waals surface area contributed by atoms with Crippen LogP contribution in [0, 0.1) is 26.0 Å². The average molecular weight is 460 g/mol. The molecule has 0 saturated heterocycles. The Morgan fingerprint density at radius 2 is 1.73 bits per heavy atom. The second-order valence-electron chi connectivity index (χ2n) is 6.60. The fraction of sp³-hybridized carbons (Fsp3) is 0.158. The molecule has 0 saturated carbocycles. The van der Waals surface area contributed by atoms with Gasteiger partial charge in [0.05, 0.1) is 21.8 Å². The molecule has 2 aromatic rings. The molecule has 0 aliphatic carbocycles. The lowest BCUT2D eigenvalue weighted by molar-refractivity contribution is -0.387. The van der Waals surface area contributed by atoms with Crippen LogP contribution < -0.4 is 5.32 Å². The number of anilines is 1. The SMILES string of the molecule is O=C(COC(=O)CCN1C(=O)c2cccc([N+](=O)[O-])c2C1=O)Nc1ccc(F)c([N+](=O)[O-])c1. The maximum atomic E-state index is 13.3. The van der Waals surface area contributed by atoms with E-state index in [0.717, 1.165) is 24.3 Å².